The molecule has 12 heteroatoms. The highest BCUT2D eigenvalue weighted by Crippen LogP contribution is 2.21. The van der Waals surface area contributed by atoms with Crippen molar-refractivity contribution >= 4 is 34.7 Å². The number of nitrogens with one attached hydrogen (secondary N) is 4. The quantitative estimate of drug-likeness (QED) is 0.247. The molecular weight excluding hydrogens is 620 g/mol. The van der Waals surface area contributed by atoms with E-state index in [-0.39, 0.29) is 30.7 Å². The fourth-order valence-corrected chi connectivity index (χ4v) is 5.96. The third kappa shape index (κ3) is 9.96. The Kier molecular flexibility index (Phi) is 12.1. The van der Waals surface area contributed by atoms with Crippen molar-refractivity contribution in [3.63, 3.8) is 0 Å². The first-order chi connectivity index (χ1) is 23.7. The Morgan fingerprint density at radius 3 is 2.43 bits per heavy atom. The van der Waals surface area contributed by atoms with E-state index < -0.39 is 18.0 Å². The molecule has 0 radical (unpaired) electrons. The van der Waals surface area contributed by atoms with Crippen molar-refractivity contribution < 1.29 is 19.2 Å². The molecule has 1 aliphatic rings. The topological polar surface area (TPSA) is 150 Å². The fraction of sp³-hybridized carbons (Fsp3) is 0.405. The smallest absolute Gasteiger partial charge is 0.251 e. The molecule has 4 N–H and O–H groups in total. The van der Waals surface area contributed by atoms with Crippen LogP contribution in [0.1, 0.15) is 54.5 Å². The first-order valence-corrected chi connectivity index (χ1v) is 17.0. The summed E-state index contributed by atoms with van der Waals surface area (Å²) in [5, 5.41) is 11.7. The molecule has 5 rings (SSSR count). The molecule has 258 valence electrons. The number of imidazole rings is 1. The second-order valence-electron chi connectivity index (χ2n) is 13.0. The fourth-order valence-electron chi connectivity index (χ4n) is 5.96. The molecule has 2 aromatic carbocycles. The van der Waals surface area contributed by atoms with Gasteiger partial charge < -0.3 is 25.8 Å². The lowest BCUT2D eigenvalue weighted by atomic mass is 10.0. The number of hydrogen-bond donors (Lipinski definition) is 4. The zero-order valence-corrected chi connectivity index (χ0v) is 28.4. The Hall–Kier alpha value is -5.10. The molecule has 0 fully saturated rings. The molecule has 2 bridgehead atoms. The number of rotatable bonds is 6. The van der Waals surface area contributed by atoms with Crippen LogP contribution >= 0.6 is 0 Å². The molecule has 2 atom stereocenters. The molecule has 0 unspecified atom stereocenters. The molecule has 4 aromatic rings. The van der Waals surface area contributed by atoms with Gasteiger partial charge in [0.2, 0.25) is 17.7 Å². The van der Waals surface area contributed by atoms with Gasteiger partial charge in [0.1, 0.15) is 17.9 Å². The highest BCUT2D eigenvalue weighted by Gasteiger charge is 2.26. The maximum Gasteiger partial charge on any atom is 0.251 e. The van der Waals surface area contributed by atoms with Gasteiger partial charge in [-0.25, -0.2) is 4.98 Å². The number of aromatic nitrogens is 3. The molecule has 2 aromatic heterocycles. The molecule has 3 heterocycles. The van der Waals surface area contributed by atoms with E-state index >= 15 is 0 Å². The van der Waals surface area contributed by atoms with Gasteiger partial charge >= 0.3 is 0 Å². The molecule has 4 amide bonds. The molecule has 49 heavy (non-hydrogen) atoms. The van der Waals surface area contributed by atoms with Crippen molar-refractivity contribution in [3.8, 4) is 0 Å². The Labute approximate surface area is 287 Å². The van der Waals surface area contributed by atoms with Crippen LogP contribution in [0.15, 0.2) is 73.1 Å². The summed E-state index contributed by atoms with van der Waals surface area (Å²) in [5.41, 5.74) is 3.96. The number of hydrogen-bond acceptors (Lipinski definition) is 7. The Morgan fingerprint density at radius 1 is 0.878 bits per heavy atom. The number of carbonyl (C=O) groups is 4. The largest absolute Gasteiger partial charge is 0.354 e. The summed E-state index contributed by atoms with van der Waals surface area (Å²) in [6.45, 7) is 7.95. The minimum atomic E-state index is -0.909. The van der Waals surface area contributed by atoms with Gasteiger partial charge in [-0.1, -0.05) is 50.2 Å². The van der Waals surface area contributed by atoms with E-state index in [2.05, 4.69) is 44.7 Å². The zero-order valence-electron chi connectivity index (χ0n) is 28.4. The Bertz CT molecular complexity index is 1740. The Balaban J connectivity index is 1.41. The van der Waals surface area contributed by atoms with Crippen LogP contribution in [0.3, 0.4) is 0 Å². The van der Waals surface area contributed by atoms with Crippen LogP contribution in [0.25, 0.3) is 11.0 Å². The standard InChI is InChI=1S/C37H46N8O4/c1-25(2)19-33-42-30-13-12-29-21-32(30)45(33)17-8-15-39-35(47)26(3)41-37(49)31(20-27-9-5-4-6-10-27)43-34(46)24-44(18-16-40-36(29)48)23-28-11-7-14-38-22-28/h4-7,9-14,21-22,25-26,31H,8,15-20,23-24H2,1-3H3,(H,39,47)(H,40,48)(H,41,49)(H,43,46)/t26-,31+/m1/s1. The zero-order chi connectivity index (χ0) is 34.8. The Morgan fingerprint density at radius 2 is 1.67 bits per heavy atom. The van der Waals surface area contributed by atoms with Gasteiger partial charge in [0, 0.05) is 63.5 Å². The van der Waals surface area contributed by atoms with E-state index in [0.717, 1.165) is 34.4 Å². The van der Waals surface area contributed by atoms with E-state index in [1.807, 2.05) is 59.5 Å². The van der Waals surface area contributed by atoms with Crippen molar-refractivity contribution in [1.82, 2.24) is 40.7 Å². The van der Waals surface area contributed by atoms with Crippen LogP contribution in [0.5, 0.6) is 0 Å². The summed E-state index contributed by atoms with van der Waals surface area (Å²) in [6.07, 6.45) is 5.07. The van der Waals surface area contributed by atoms with Crippen molar-refractivity contribution in [2.24, 2.45) is 5.92 Å². The molecule has 1 aliphatic heterocycles. The molecule has 0 saturated carbocycles. The van der Waals surface area contributed by atoms with E-state index in [9.17, 15) is 19.2 Å². The minimum Gasteiger partial charge on any atom is -0.354 e. The lowest BCUT2D eigenvalue weighted by molar-refractivity contribution is -0.132. The van der Waals surface area contributed by atoms with Gasteiger partial charge in [-0.15, -0.1) is 0 Å². The van der Waals surface area contributed by atoms with Gasteiger partial charge in [0.25, 0.3) is 5.91 Å². The average molecular weight is 667 g/mol. The summed E-state index contributed by atoms with van der Waals surface area (Å²) >= 11 is 0. The first-order valence-electron chi connectivity index (χ1n) is 17.0. The third-order valence-electron chi connectivity index (χ3n) is 8.43. The summed E-state index contributed by atoms with van der Waals surface area (Å²) in [5.74, 6) is -0.0334. The van der Waals surface area contributed by atoms with E-state index in [4.69, 9.17) is 4.98 Å². The van der Waals surface area contributed by atoms with Crippen molar-refractivity contribution in [2.75, 3.05) is 26.2 Å². The second-order valence-corrected chi connectivity index (χ2v) is 13.0. The maximum atomic E-state index is 13.5. The second kappa shape index (κ2) is 16.8. The summed E-state index contributed by atoms with van der Waals surface area (Å²) < 4.78 is 2.13. The predicted octanol–water partition coefficient (Wildman–Crippen LogP) is 2.61. The minimum absolute atomic E-state index is 0.0247. The molecule has 0 spiro atoms. The number of fused-ring (bicyclic) bond motifs is 1. The van der Waals surface area contributed by atoms with Crippen molar-refractivity contribution in [1.29, 1.82) is 0 Å². The van der Waals surface area contributed by atoms with Crippen LogP contribution in [0.4, 0.5) is 0 Å². The van der Waals surface area contributed by atoms with Crippen LogP contribution in [-0.2, 0) is 40.3 Å². The van der Waals surface area contributed by atoms with Gasteiger partial charge in [0.05, 0.1) is 17.6 Å². The maximum absolute atomic E-state index is 13.5. The summed E-state index contributed by atoms with van der Waals surface area (Å²) in [4.78, 5) is 64.5. The average Bonchev–Trinajstić information content (AvgIpc) is 3.41. The lowest BCUT2D eigenvalue weighted by Gasteiger charge is -2.25. The number of benzene rings is 2. The number of nitrogens with zero attached hydrogens (tertiary/aromatic N) is 4. The first kappa shape index (κ1) is 35.2. The van der Waals surface area contributed by atoms with Crippen LogP contribution < -0.4 is 21.3 Å². The van der Waals surface area contributed by atoms with Crippen LogP contribution in [0, 0.1) is 5.92 Å². The van der Waals surface area contributed by atoms with E-state index in [1.165, 1.54) is 0 Å². The molecule has 0 aliphatic carbocycles. The number of amides is 4. The summed E-state index contributed by atoms with van der Waals surface area (Å²) in [6, 6.07) is 17.0. The van der Waals surface area contributed by atoms with Gasteiger partial charge in [-0.3, -0.25) is 29.1 Å². The monoisotopic (exact) mass is 666 g/mol. The molecular formula is C37H46N8O4. The summed E-state index contributed by atoms with van der Waals surface area (Å²) in [7, 11) is 0. The molecule has 12 nitrogen and oxygen atoms in total. The highest BCUT2D eigenvalue weighted by molar-refractivity contribution is 5.97. The van der Waals surface area contributed by atoms with E-state index in [0.29, 0.717) is 50.6 Å². The lowest BCUT2D eigenvalue weighted by Crippen LogP contribution is -2.54. The van der Waals surface area contributed by atoms with E-state index in [1.54, 1.807) is 25.4 Å². The number of carbonyl (C=O) groups excluding carboxylic acids is 4. The van der Waals surface area contributed by atoms with Crippen LogP contribution in [-0.4, -0.2) is 81.3 Å². The SMILES string of the molecule is CC(C)Cc1nc2ccc3cc2n1CCCNC(=O)[C@@H](C)NC(=O)[C@H](Cc1ccccc1)NC(=O)CN(Cc1cccnc1)CCNC3=O. The normalized spacial score (nSPS) is 19.2. The van der Waals surface area contributed by atoms with Crippen molar-refractivity contribution in [3.05, 3.63) is 95.6 Å². The van der Waals surface area contributed by atoms with Gasteiger partial charge in [0.15, 0.2) is 0 Å². The third-order valence-corrected chi connectivity index (χ3v) is 8.43. The number of pyridine rings is 1. The van der Waals surface area contributed by atoms with Gasteiger partial charge in [-0.05, 0) is 54.7 Å². The molecule has 0 saturated heterocycles. The van der Waals surface area contributed by atoms with Crippen molar-refractivity contribution in [2.45, 2.75) is 65.2 Å². The number of aryl methyl sites for hydroxylation is 1. The van der Waals surface area contributed by atoms with Gasteiger partial charge in [-0.2, -0.15) is 0 Å². The highest BCUT2D eigenvalue weighted by atomic mass is 16.2. The predicted molar refractivity (Wildman–Crippen MR) is 187 cm³/mol. The van der Waals surface area contributed by atoms with Crippen LogP contribution in [0.2, 0.25) is 0 Å².